The molecule has 0 saturated heterocycles. The Balaban J connectivity index is 2.55. The zero-order valence-electron chi connectivity index (χ0n) is 9.76. The number of aliphatic hydroxyl groups excluding tert-OH is 1. The lowest BCUT2D eigenvalue weighted by atomic mass is 10.4. The second-order valence-electron chi connectivity index (χ2n) is 3.56. The van der Waals surface area contributed by atoms with Crippen LogP contribution in [0.5, 0.6) is 0 Å². The summed E-state index contributed by atoms with van der Waals surface area (Å²) >= 11 is 1.26. The van der Waals surface area contributed by atoms with Crippen LogP contribution in [0.3, 0.4) is 0 Å². The lowest BCUT2D eigenvalue weighted by Gasteiger charge is -2.19. The van der Waals surface area contributed by atoms with Crippen LogP contribution in [0.25, 0.3) is 0 Å². The van der Waals surface area contributed by atoms with Gasteiger partial charge in [-0.1, -0.05) is 0 Å². The Bertz CT molecular complexity index is 353. The number of aromatic carboxylic acids is 1. The molecular weight excluding hydrogens is 242 g/mol. The first-order chi connectivity index (χ1) is 8.17. The van der Waals surface area contributed by atoms with E-state index < -0.39 is 5.97 Å². The monoisotopic (exact) mass is 259 g/mol. The average Bonchev–Trinajstić information content (AvgIpc) is 2.75. The number of aliphatic hydroxyl groups is 1. The Morgan fingerprint density at radius 3 is 2.76 bits per heavy atom. The van der Waals surface area contributed by atoms with Crippen LogP contribution in [-0.4, -0.2) is 54.5 Å². The first-order valence-electron chi connectivity index (χ1n) is 5.31. The molecule has 0 unspecified atom stereocenters. The number of hydrogen-bond donors (Lipinski definition) is 2. The highest BCUT2D eigenvalue weighted by molar-refractivity contribution is 7.13. The minimum absolute atomic E-state index is 0.0842. The van der Waals surface area contributed by atoms with Crippen molar-refractivity contribution in [3.8, 4) is 0 Å². The van der Waals surface area contributed by atoms with Gasteiger partial charge in [-0.3, -0.25) is 4.90 Å². The minimum Gasteiger partial charge on any atom is -0.477 e. The highest BCUT2D eigenvalue weighted by atomic mass is 32.1. The zero-order valence-corrected chi connectivity index (χ0v) is 10.6. The molecule has 0 fully saturated rings. The summed E-state index contributed by atoms with van der Waals surface area (Å²) < 4.78 is 4.99. The standard InChI is InChI=1S/C11H17NO4S/c1-16-7-5-12(4-6-13)8-9-2-3-10(17-9)11(14)15/h2-3,13H,4-8H2,1H3,(H,14,15). The molecule has 0 atom stereocenters. The van der Waals surface area contributed by atoms with E-state index in [0.29, 0.717) is 24.6 Å². The van der Waals surface area contributed by atoms with Gasteiger partial charge in [0.25, 0.3) is 0 Å². The maximum absolute atomic E-state index is 10.7. The Morgan fingerprint density at radius 2 is 2.24 bits per heavy atom. The van der Waals surface area contributed by atoms with E-state index in [-0.39, 0.29) is 6.61 Å². The number of carboxylic acid groups (broad SMARTS) is 1. The summed E-state index contributed by atoms with van der Waals surface area (Å²) in [6, 6.07) is 3.42. The molecule has 1 rings (SSSR count). The van der Waals surface area contributed by atoms with Gasteiger partial charge in [0.05, 0.1) is 13.2 Å². The molecule has 0 amide bonds. The molecule has 5 nitrogen and oxygen atoms in total. The molecule has 0 spiro atoms. The number of thiophene rings is 1. The van der Waals surface area contributed by atoms with Crippen LogP contribution in [-0.2, 0) is 11.3 Å². The van der Waals surface area contributed by atoms with Gasteiger partial charge >= 0.3 is 5.97 Å². The van der Waals surface area contributed by atoms with E-state index in [1.54, 1.807) is 13.2 Å². The van der Waals surface area contributed by atoms with Crippen molar-refractivity contribution in [1.82, 2.24) is 4.90 Å². The normalized spacial score (nSPS) is 11.0. The largest absolute Gasteiger partial charge is 0.477 e. The van der Waals surface area contributed by atoms with Gasteiger partial charge in [-0.05, 0) is 12.1 Å². The Hall–Kier alpha value is -0.950. The SMILES string of the molecule is COCCN(CCO)Cc1ccc(C(=O)O)s1. The van der Waals surface area contributed by atoms with Crippen molar-refractivity contribution in [3.05, 3.63) is 21.9 Å². The van der Waals surface area contributed by atoms with Crippen molar-refractivity contribution in [2.45, 2.75) is 6.54 Å². The molecule has 1 aromatic rings. The number of ether oxygens (including phenoxy) is 1. The fourth-order valence-corrected chi connectivity index (χ4v) is 2.32. The summed E-state index contributed by atoms with van der Waals surface area (Å²) in [7, 11) is 1.63. The van der Waals surface area contributed by atoms with Crippen LogP contribution in [0.2, 0.25) is 0 Å². The predicted molar refractivity (Wildman–Crippen MR) is 65.5 cm³/mol. The van der Waals surface area contributed by atoms with Gasteiger partial charge in [0.1, 0.15) is 4.88 Å². The number of methoxy groups -OCH3 is 1. The van der Waals surface area contributed by atoms with Crippen molar-refractivity contribution in [3.63, 3.8) is 0 Å². The van der Waals surface area contributed by atoms with Gasteiger partial charge in [-0.2, -0.15) is 0 Å². The Labute approximate surface area is 104 Å². The van der Waals surface area contributed by atoms with Gasteiger partial charge in [0.2, 0.25) is 0 Å². The summed E-state index contributed by atoms with van der Waals surface area (Å²) in [5, 5.41) is 17.7. The van der Waals surface area contributed by atoms with E-state index in [9.17, 15) is 4.79 Å². The van der Waals surface area contributed by atoms with E-state index in [2.05, 4.69) is 0 Å². The van der Waals surface area contributed by atoms with Gasteiger partial charge in [0.15, 0.2) is 0 Å². The lowest BCUT2D eigenvalue weighted by molar-refractivity contribution is 0.0702. The van der Waals surface area contributed by atoms with E-state index in [4.69, 9.17) is 14.9 Å². The van der Waals surface area contributed by atoms with Crippen LogP contribution in [0, 0.1) is 0 Å². The predicted octanol–water partition coefficient (Wildman–Crippen LogP) is 0.887. The summed E-state index contributed by atoms with van der Waals surface area (Å²) in [6.07, 6.45) is 0. The van der Waals surface area contributed by atoms with Gasteiger partial charge < -0.3 is 14.9 Å². The van der Waals surface area contributed by atoms with Crippen LogP contribution < -0.4 is 0 Å². The molecular formula is C11H17NO4S. The molecule has 0 aliphatic carbocycles. The van der Waals surface area contributed by atoms with Gasteiger partial charge in [0, 0.05) is 31.6 Å². The molecule has 2 N–H and O–H groups in total. The number of nitrogens with zero attached hydrogens (tertiary/aromatic N) is 1. The average molecular weight is 259 g/mol. The fourth-order valence-electron chi connectivity index (χ4n) is 1.43. The topological polar surface area (TPSA) is 70.0 Å². The van der Waals surface area contributed by atoms with Crippen molar-refractivity contribution in [2.75, 3.05) is 33.4 Å². The summed E-state index contributed by atoms with van der Waals surface area (Å²) in [5.74, 6) is -0.896. The summed E-state index contributed by atoms with van der Waals surface area (Å²) in [5.41, 5.74) is 0. The third kappa shape index (κ3) is 4.82. The Morgan fingerprint density at radius 1 is 1.47 bits per heavy atom. The van der Waals surface area contributed by atoms with Crippen molar-refractivity contribution in [2.24, 2.45) is 0 Å². The quantitative estimate of drug-likeness (QED) is 0.725. The summed E-state index contributed by atoms with van der Waals surface area (Å²) in [4.78, 5) is 14.1. The molecule has 6 heteroatoms. The number of rotatable bonds is 8. The molecule has 0 aliphatic heterocycles. The second-order valence-corrected chi connectivity index (χ2v) is 4.73. The van der Waals surface area contributed by atoms with E-state index in [1.165, 1.54) is 11.3 Å². The van der Waals surface area contributed by atoms with Crippen molar-refractivity contribution in [1.29, 1.82) is 0 Å². The van der Waals surface area contributed by atoms with Crippen LogP contribution >= 0.6 is 11.3 Å². The highest BCUT2D eigenvalue weighted by Crippen LogP contribution is 2.18. The van der Waals surface area contributed by atoms with Crippen LogP contribution in [0.1, 0.15) is 14.5 Å². The number of carboxylic acids is 1. The lowest BCUT2D eigenvalue weighted by Crippen LogP contribution is -2.29. The van der Waals surface area contributed by atoms with Gasteiger partial charge in [-0.25, -0.2) is 4.79 Å². The van der Waals surface area contributed by atoms with Gasteiger partial charge in [-0.15, -0.1) is 11.3 Å². The highest BCUT2D eigenvalue weighted by Gasteiger charge is 2.10. The molecule has 1 aromatic heterocycles. The number of carbonyl (C=O) groups is 1. The fraction of sp³-hybridized carbons (Fsp3) is 0.545. The summed E-state index contributed by atoms with van der Waals surface area (Å²) in [6.45, 7) is 2.60. The maximum atomic E-state index is 10.7. The minimum atomic E-state index is -0.896. The van der Waals surface area contributed by atoms with E-state index in [1.807, 2.05) is 11.0 Å². The molecule has 0 aliphatic rings. The van der Waals surface area contributed by atoms with E-state index >= 15 is 0 Å². The molecule has 1 heterocycles. The zero-order chi connectivity index (χ0) is 12.7. The molecule has 0 aromatic carbocycles. The van der Waals surface area contributed by atoms with Crippen molar-refractivity contribution < 1.29 is 19.7 Å². The van der Waals surface area contributed by atoms with E-state index in [0.717, 1.165) is 11.4 Å². The first kappa shape index (κ1) is 14.1. The van der Waals surface area contributed by atoms with Crippen molar-refractivity contribution >= 4 is 17.3 Å². The molecule has 17 heavy (non-hydrogen) atoms. The first-order valence-corrected chi connectivity index (χ1v) is 6.13. The second kappa shape index (κ2) is 7.39. The maximum Gasteiger partial charge on any atom is 0.345 e. The van der Waals surface area contributed by atoms with Crippen LogP contribution in [0.15, 0.2) is 12.1 Å². The molecule has 0 bridgehead atoms. The third-order valence-corrected chi connectivity index (χ3v) is 3.34. The Kier molecular flexibility index (Phi) is 6.13. The third-order valence-electron chi connectivity index (χ3n) is 2.28. The molecule has 0 saturated carbocycles. The van der Waals surface area contributed by atoms with Crippen LogP contribution in [0.4, 0.5) is 0 Å². The number of hydrogen-bond acceptors (Lipinski definition) is 5. The molecule has 0 radical (unpaired) electrons. The molecule has 96 valence electrons. The smallest absolute Gasteiger partial charge is 0.345 e.